The van der Waals surface area contributed by atoms with E-state index in [0.717, 1.165) is 5.56 Å². The minimum absolute atomic E-state index is 0.434. The van der Waals surface area contributed by atoms with Gasteiger partial charge in [-0.05, 0) is 5.56 Å². The molecular weight excluding hydrogens is 157 g/mol. The third kappa shape index (κ3) is 2.05. The first-order valence-corrected chi connectivity index (χ1v) is 3.67. The Morgan fingerprint density at radius 1 is 1.42 bits per heavy atom. The summed E-state index contributed by atoms with van der Waals surface area (Å²) in [6.45, 7) is -0.548. The normalized spacial score (nSPS) is 13.4. The Balaban J connectivity index is 2.80. The van der Waals surface area contributed by atoms with E-state index in [2.05, 4.69) is 5.16 Å². The molecule has 0 fully saturated rings. The molecule has 3 heteroatoms. The quantitative estimate of drug-likeness (QED) is 0.418. The Morgan fingerprint density at radius 2 is 2.08 bits per heavy atom. The van der Waals surface area contributed by atoms with Crippen LogP contribution in [0, 0.1) is 0 Å². The van der Waals surface area contributed by atoms with E-state index in [9.17, 15) is 4.39 Å². The zero-order valence-corrected chi connectivity index (χ0v) is 6.52. The van der Waals surface area contributed by atoms with Crippen LogP contribution >= 0.6 is 0 Å². The fraction of sp³-hybridized carbons (Fsp3) is 0.222. The topological polar surface area (TPSA) is 32.6 Å². The lowest BCUT2D eigenvalue weighted by atomic mass is 10.0. The van der Waals surface area contributed by atoms with Gasteiger partial charge >= 0.3 is 0 Å². The molecule has 0 amide bonds. The molecule has 0 aliphatic heterocycles. The second kappa shape index (κ2) is 4.49. The maximum Gasteiger partial charge on any atom is 0.101 e. The number of nitrogens with zero attached hydrogens (tertiary/aromatic N) is 1. The van der Waals surface area contributed by atoms with Gasteiger partial charge < -0.3 is 5.21 Å². The highest BCUT2D eigenvalue weighted by atomic mass is 19.1. The Bertz CT molecular complexity index is 248. The van der Waals surface area contributed by atoms with Gasteiger partial charge in [-0.3, -0.25) is 4.39 Å². The minimum atomic E-state index is -0.548. The van der Waals surface area contributed by atoms with Crippen molar-refractivity contribution in [2.75, 3.05) is 6.67 Å². The molecule has 0 heterocycles. The summed E-state index contributed by atoms with van der Waals surface area (Å²) in [5.41, 5.74) is 0.817. The highest BCUT2D eigenvalue weighted by Gasteiger charge is 2.06. The molecule has 0 saturated heterocycles. The number of halogens is 1. The third-order valence-corrected chi connectivity index (χ3v) is 1.64. The summed E-state index contributed by atoms with van der Waals surface area (Å²) in [6.07, 6.45) is 1.19. The fourth-order valence-corrected chi connectivity index (χ4v) is 0.996. The molecule has 0 bridgehead atoms. The average molecular weight is 167 g/mol. The zero-order chi connectivity index (χ0) is 8.81. The first-order valence-electron chi connectivity index (χ1n) is 3.67. The minimum Gasteiger partial charge on any atom is -0.411 e. The zero-order valence-electron chi connectivity index (χ0n) is 6.52. The summed E-state index contributed by atoms with van der Waals surface area (Å²) >= 11 is 0. The Kier molecular flexibility index (Phi) is 3.26. The number of hydrogen-bond donors (Lipinski definition) is 1. The van der Waals surface area contributed by atoms with E-state index in [-0.39, 0.29) is 0 Å². The van der Waals surface area contributed by atoms with Crippen LogP contribution in [0.5, 0.6) is 0 Å². The average Bonchev–Trinajstić information content (AvgIpc) is 2.15. The molecular formula is C9H10FNO. The molecule has 1 rings (SSSR count). The van der Waals surface area contributed by atoms with Crippen LogP contribution in [-0.4, -0.2) is 18.1 Å². The van der Waals surface area contributed by atoms with Crippen molar-refractivity contribution in [3.63, 3.8) is 0 Å². The van der Waals surface area contributed by atoms with Crippen LogP contribution in [0.1, 0.15) is 11.5 Å². The maximum absolute atomic E-state index is 12.3. The van der Waals surface area contributed by atoms with Gasteiger partial charge in [-0.2, -0.15) is 0 Å². The van der Waals surface area contributed by atoms with E-state index < -0.39 is 12.6 Å². The molecule has 1 unspecified atom stereocenters. The lowest BCUT2D eigenvalue weighted by Gasteiger charge is -2.05. The Hall–Kier alpha value is -1.38. The molecule has 0 spiro atoms. The van der Waals surface area contributed by atoms with Crippen molar-refractivity contribution in [1.82, 2.24) is 0 Å². The van der Waals surface area contributed by atoms with Gasteiger partial charge in [-0.1, -0.05) is 30.3 Å². The Morgan fingerprint density at radius 3 is 2.58 bits per heavy atom. The van der Waals surface area contributed by atoms with Crippen molar-refractivity contribution in [2.24, 2.45) is 5.16 Å². The molecule has 0 radical (unpaired) electrons. The number of benzene rings is 1. The van der Waals surface area contributed by atoms with Crippen molar-refractivity contribution >= 4 is 6.21 Å². The first kappa shape index (κ1) is 8.71. The maximum atomic E-state index is 12.3. The van der Waals surface area contributed by atoms with Crippen molar-refractivity contribution in [2.45, 2.75) is 5.92 Å². The van der Waals surface area contributed by atoms with Crippen molar-refractivity contribution in [3.8, 4) is 0 Å². The molecule has 0 saturated carbocycles. The molecule has 2 nitrogen and oxygen atoms in total. The van der Waals surface area contributed by atoms with Gasteiger partial charge in [0.1, 0.15) is 6.67 Å². The van der Waals surface area contributed by atoms with Crippen LogP contribution in [0.15, 0.2) is 35.5 Å². The van der Waals surface area contributed by atoms with Gasteiger partial charge in [0.2, 0.25) is 0 Å². The van der Waals surface area contributed by atoms with Gasteiger partial charge in [0.05, 0.1) is 12.1 Å². The van der Waals surface area contributed by atoms with Crippen LogP contribution < -0.4 is 0 Å². The van der Waals surface area contributed by atoms with Crippen LogP contribution in [0.2, 0.25) is 0 Å². The molecule has 0 aromatic heterocycles. The van der Waals surface area contributed by atoms with Gasteiger partial charge in [0, 0.05) is 0 Å². The fourth-order valence-electron chi connectivity index (χ4n) is 0.996. The van der Waals surface area contributed by atoms with Crippen molar-refractivity contribution in [1.29, 1.82) is 0 Å². The lowest BCUT2D eigenvalue weighted by Crippen LogP contribution is -2.01. The number of alkyl halides is 1. The lowest BCUT2D eigenvalue weighted by molar-refractivity contribution is 0.318. The summed E-state index contributed by atoms with van der Waals surface area (Å²) in [5, 5.41) is 11.1. The van der Waals surface area contributed by atoms with Crippen LogP contribution in [-0.2, 0) is 0 Å². The third-order valence-electron chi connectivity index (χ3n) is 1.64. The largest absolute Gasteiger partial charge is 0.411 e. The standard InChI is InChI=1S/C9H10FNO/c10-6-9(7-11-12)8-4-2-1-3-5-8/h1-5,7,9,12H,6H2. The summed E-state index contributed by atoms with van der Waals surface area (Å²) in [7, 11) is 0. The number of rotatable bonds is 3. The second-order valence-electron chi connectivity index (χ2n) is 2.44. The van der Waals surface area contributed by atoms with E-state index in [4.69, 9.17) is 5.21 Å². The van der Waals surface area contributed by atoms with Gasteiger partial charge in [0.15, 0.2) is 0 Å². The van der Waals surface area contributed by atoms with E-state index in [1.807, 2.05) is 18.2 Å². The van der Waals surface area contributed by atoms with E-state index in [0.29, 0.717) is 0 Å². The van der Waals surface area contributed by atoms with Gasteiger partial charge in [-0.15, -0.1) is 5.16 Å². The number of oxime groups is 1. The molecule has 1 N–H and O–H groups in total. The predicted octanol–water partition coefficient (Wildman–Crippen LogP) is 2.20. The summed E-state index contributed by atoms with van der Waals surface area (Å²) in [5.74, 6) is -0.434. The molecule has 1 aromatic carbocycles. The van der Waals surface area contributed by atoms with E-state index in [1.54, 1.807) is 12.1 Å². The number of hydrogen-bond acceptors (Lipinski definition) is 2. The smallest absolute Gasteiger partial charge is 0.101 e. The monoisotopic (exact) mass is 167 g/mol. The van der Waals surface area contributed by atoms with Gasteiger partial charge in [-0.25, -0.2) is 0 Å². The molecule has 1 atom stereocenters. The second-order valence-corrected chi connectivity index (χ2v) is 2.44. The van der Waals surface area contributed by atoms with Crippen molar-refractivity contribution < 1.29 is 9.60 Å². The van der Waals surface area contributed by atoms with Gasteiger partial charge in [0.25, 0.3) is 0 Å². The molecule has 1 aromatic rings. The SMILES string of the molecule is ON=CC(CF)c1ccccc1. The summed E-state index contributed by atoms with van der Waals surface area (Å²) < 4.78 is 12.3. The first-order chi connectivity index (χ1) is 5.88. The molecule has 12 heavy (non-hydrogen) atoms. The Labute approximate surface area is 70.3 Å². The highest BCUT2D eigenvalue weighted by Crippen LogP contribution is 2.13. The van der Waals surface area contributed by atoms with E-state index in [1.165, 1.54) is 6.21 Å². The molecule has 0 aliphatic carbocycles. The van der Waals surface area contributed by atoms with Crippen LogP contribution in [0.3, 0.4) is 0 Å². The van der Waals surface area contributed by atoms with Crippen LogP contribution in [0.4, 0.5) is 4.39 Å². The highest BCUT2D eigenvalue weighted by molar-refractivity contribution is 5.67. The summed E-state index contributed by atoms with van der Waals surface area (Å²) in [6, 6.07) is 9.10. The molecule has 0 aliphatic rings. The van der Waals surface area contributed by atoms with E-state index >= 15 is 0 Å². The van der Waals surface area contributed by atoms with Crippen molar-refractivity contribution in [3.05, 3.63) is 35.9 Å². The predicted molar refractivity (Wildman–Crippen MR) is 45.4 cm³/mol. The van der Waals surface area contributed by atoms with Crippen LogP contribution in [0.25, 0.3) is 0 Å². The summed E-state index contributed by atoms with van der Waals surface area (Å²) in [4.78, 5) is 0. The molecule has 64 valence electrons.